The summed E-state index contributed by atoms with van der Waals surface area (Å²) in [5, 5.41) is 15.2. The number of allylic oxidation sites excluding steroid dienone is 3. The van der Waals surface area contributed by atoms with Crippen LogP contribution in [-0.2, 0) is 5.41 Å². The van der Waals surface area contributed by atoms with Gasteiger partial charge in [-0.05, 0) is 125 Å². The number of nitrogens with zero attached hydrogens (tertiary/aromatic N) is 1. The first-order valence-electron chi connectivity index (χ1n) is 18.7. The van der Waals surface area contributed by atoms with Gasteiger partial charge >= 0.3 is 0 Å². The van der Waals surface area contributed by atoms with Crippen molar-refractivity contribution in [3.63, 3.8) is 0 Å². The van der Waals surface area contributed by atoms with E-state index in [4.69, 9.17) is 0 Å². The Morgan fingerprint density at radius 2 is 1.04 bits per heavy atom. The van der Waals surface area contributed by atoms with Crippen LogP contribution >= 0.6 is 11.8 Å². The first-order chi connectivity index (χ1) is 26.7. The summed E-state index contributed by atoms with van der Waals surface area (Å²) in [7, 11) is 0. The molecule has 2 aliphatic carbocycles. The van der Waals surface area contributed by atoms with Crippen LogP contribution in [0, 0.1) is 11.3 Å². The van der Waals surface area contributed by atoms with Crippen molar-refractivity contribution in [2.75, 3.05) is 0 Å². The molecule has 252 valence electrons. The fraction of sp³-hybridized carbons (Fsp3) is 0.0577. The number of thioether (sulfide) groups is 1. The SMILES string of the molecule is N#Cc1ccc2c(c1)C1(C3=CCCC=C3Sc3ccc(-c4c5ccccc5c(-c5ccc(-c6ccccc6)cc5)c5ccccc45)cc31)c1ccccc1-2. The van der Waals surface area contributed by atoms with E-state index in [-0.39, 0.29) is 0 Å². The fourth-order valence-electron chi connectivity index (χ4n) is 9.56. The van der Waals surface area contributed by atoms with Gasteiger partial charge in [-0.2, -0.15) is 5.26 Å². The summed E-state index contributed by atoms with van der Waals surface area (Å²) in [6, 6.07) is 62.4. The van der Waals surface area contributed by atoms with Gasteiger partial charge in [-0.15, -0.1) is 0 Å². The molecule has 8 aromatic carbocycles. The topological polar surface area (TPSA) is 23.8 Å². The van der Waals surface area contributed by atoms with E-state index in [1.54, 1.807) is 0 Å². The predicted molar refractivity (Wildman–Crippen MR) is 225 cm³/mol. The molecule has 0 radical (unpaired) electrons. The number of hydrogen-bond acceptors (Lipinski definition) is 2. The summed E-state index contributed by atoms with van der Waals surface area (Å²) in [4.78, 5) is 2.61. The molecular formula is C52H33NS. The third-order valence-corrected chi connectivity index (χ3v) is 13.0. The highest BCUT2D eigenvalue weighted by Gasteiger charge is 2.52. The van der Waals surface area contributed by atoms with Gasteiger partial charge in [0.2, 0.25) is 0 Å². The van der Waals surface area contributed by atoms with Crippen LogP contribution in [0.1, 0.15) is 35.1 Å². The smallest absolute Gasteiger partial charge is 0.0991 e. The molecule has 1 spiro atoms. The first-order valence-corrected chi connectivity index (χ1v) is 19.5. The fourth-order valence-corrected chi connectivity index (χ4v) is 10.8. The zero-order valence-corrected chi connectivity index (χ0v) is 30.3. The Hall–Kier alpha value is -6.40. The van der Waals surface area contributed by atoms with Crippen LogP contribution in [0.15, 0.2) is 191 Å². The molecule has 1 unspecified atom stereocenters. The molecule has 0 saturated heterocycles. The molecule has 2 heteroatoms. The normalized spacial score (nSPS) is 16.6. The van der Waals surface area contributed by atoms with Gasteiger partial charge in [0.15, 0.2) is 0 Å². The van der Waals surface area contributed by atoms with Gasteiger partial charge in [-0.3, -0.25) is 0 Å². The van der Waals surface area contributed by atoms with Crippen LogP contribution in [0.2, 0.25) is 0 Å². The maximum absolute atomic E-state index is 10.2. The summed E-state index contributed by atoms with van der Waals surface area (Å²) >= 11 is 1.90. The Morgan fingerprint density at radius 1 is 0.463 bits per heavy atom. The quantitative estimate of drug-likeness (QED) is 0.171. The van der Waals surface area contributed by atoms with E-state index in [1.807, 2.05) is 17.8 Å². The molecule has 0 saturated carbocycles. The molecule has 3 aliphatic rings. The van der Waals surface area contributed by atoms with Crippen molar-refractivity contribution < 1.29 is 0 Å². The minimum Gasteiger partial charge on any atom is -0.192 e. The maximum Gasteiger partial charge on any atom is 0.0991 e. The lowest BCUT2D eigenvalue weighted by atomic mass is 9.65. The summed E-state index contributed by atoms with van der Waals surface area (Å²) in [5.74, 6) is 0. The molecule has 1 aliphatic heterocycles. The van der Waals surface area contributed by atoms with Gasteiger partial charge in [-0.25, -0.2) is 0 Å². The molecule has 1 atom stereocenters. The molecule has 11 rings (SSSR count). The summed E-state index contributed by atoms with van der Waals surface area (Å²) in [5.41, 5.74) is 15.2. The molecular weight excluding hydrogens is 671 g/mol. The molecule has 0 fully saturated rings. The minimum absolute atomic E-state index is 0.520. The first kappa shape index (κ1) is 31.2. The predicted octanol–water partition coefficient (Wildman–Crippen LogP) is 13.9. The minimum atomic E-state index is -0.520. The standard InChI is InChI=1S/C52H33NS/c53-32-33-22-28-39-38-14-8-9-19-44(38)52(46(39)30-33)45-20-10-11-21-48(45)54-49-29-27-37(31-47(49)52)51-42-17-6-4-15-40(42)50(41-16-5-7-18-43(41)51)36-25-23-35(24-26-36)34-12-2-1-3-13-34/h1-9,12-31H,10-11H2. The second kappa shape index (κ2) is 12.1. The van der Waals surface area contributed by atoms with Gasteiger partial charge in [0.1, 0.15) is 0 Å². The Morgan fingerprint density at radius 3 is 1.76 bits per heavy atom. The van der Waals surface area contributed by atoms with Crippen molar-refractivity contribution in [1.82, 2.24) is 0 Å². The van der Waals surface area contributed by atoms with Crippen LogP contribution in [0.4, 0.5) is 0 Å². The third kappa shape index (κ3) is 4.40. The van der Waals surface area contributed by atoms with E-state index in [2.05, 4.69) is 176 Å². The van der Waals surface area contributed by atoms with Gasteiger partial charge in [0.05, 0.1) is 17.0 Å². The molecule has 1 nitrogen and oxygen atoms in total. The maximum atomic E-state index is 10.2. The van der Waals surface area contributed by atoms with Crippen LogP contribution in [0.5, 0.6) is 0 Å². The van der Waals surface area contributed by atoms with Crippen molar-refractivity contribution in [3.8, 4) is 50.6 Å². The van der Waals surface area contributed by atoms with E-state index in [1.165, 1.54) is 98.1 Å². The van der Waals surface area contributed by atoms with Crippen LogP contribution in [0.25, 0.3) is 66.1 Å². The lowest BCUT2D eigenvalue weighted by Gasteiger charge is -2.42. The Kier molecular flexibility index (Phi) is 6.96. The molecule has 0 bridgehead atoms. The Labute approximate surface area is 319 Å². The molecule has 54 heavy (non-hydrogen) atoms. The van der Waals surface area contributed by atoms with Gasteiger partial charge in [0.25, 0.3) is 0 Å². The zero-order chi connectivity index (χ0) is 35.8. The lowest BCUT2D eigenvalue weighted by molar-refractivity contribution is 0.724. The average molecular weight is 704 g/mol. The highest BCUT2D eigenvalue weighted by Crippen LogP contribution is 2.64. The van der Waals surface area contributed by atoms with Crippen molar-refractivity contribution in [2.24, 2.45) is 0 Å². The second-order valence-electron chi connectivity index (χ2n) is 14.5. The number of rotatable bonds is 3. The van der Waals surface area contributed by atoms with Crippen LogP contribution in [0.3, 0.4) is 0 Å². The molecule has 0 amide bonds. The third-order valence-electron chi connectivity index (χ3n) is 11.8. The lowest BCUT2D eigenvalue weighted by Crippen LogP contribution is -2.34. The van der Waals surface area contributed by atoms with Crippen molar-refractivity contribution in [1.29, 1.82) is 5.26 Å². The van der Waals surface area contributed by atoms with Crippen LogP contribution < -0.4 is 0 Å². The summed E-state index contributed by atoms with van der Waals surface area (Å²) < 4.78 is 0. The van der Waals surface area contributed by atoms with Crippen molar-refractivity contribution in [3.05, 3.63) is 209 Å². The van der Waals surface area contributed by atoms with Gasteiger partial charge < -0.3 is 0 Å². The van der Waals surface area contributed by atoms with Gasteiger partial charge in [0, 0.05) is 9.80 Å². The van der Waals surface area contributed by atoms with Crippen molar-refractivity contribution >= 4 is 33.3 Å². The number of benzene rings is 8. The molecule has 0 aromatic heterocycles. The summed E-state index contributed by atoms with van der Waals surface area (Å²) in [6.07, 6.45) is 6.96. The number of hydrogen-bond donors (Lipinski definition) is 0. The zero-order valence-electron chi connectivity index (χ0n) is 29.5. The van der Waals surface area contributed by atoms with Crippen LogP contribution in [-0.4, -0.2) is 0 Å². The molecule has 1 heterocycles. The second-order valence-corrected chi connectivity index (χ2v) is 15.6. The monoisotopic (exact) mass is 703 g/mol. The Bertz CT molecular complexity index is 2900. The average Bonchev–Trinajstić information content (AvgIpc) is 3.53. The largest absolute Gasteiger partial charge is 0.192 e. The number of nitriles is 1. The highest BCUT2D eigenvalue weighted by molar-refractivity contribution is 8.03. The van der Waals surface area contributed by atoms with Gasteiger partial charge in [-0.1, -0.05) is 163 Å². The van der Waals surface area contributed by atoms with E-state index in [0.717, 1.165) is 12.8 Å². The Balaban J connectivity index is 1.19. The number of fused-ring (bicyclic) bond motifs is 11. The van der Waals surface area contributed by atoms with E-state index < -0.39 is 5.41 Å². The van der Waals surface area contributed by atoms with E-state index in [0.29, 0.717) is 5.56 Å². The molecule has 8 aromatic rings. The summed E-state index contributed by atoms with van der Waals surface area (Å²) in [6.45, 7) is 0. The van der Waals surface area contributed by atoms with E-state index >= 15 is 0 Å². The molecule has 0 N–H and O–H groups in total. The van der Waals surface area contributed by atoms with E-state index in [9.17, 15) is 5.26 Å². The highest BCUT2D eigenvalue weighted by atomic mass is 32.2. The van der Waals surface area contributed by atoms with Crippen molar-refractivity contribution in [2.45, 2.75) is 23.2 Å².